The summed E-state index contributed by atoms with van der Waals surface area (Å²) in [5.41, 5.74) is 0.565. The van der Waals surface area contributed by atoms with Crippen LogP contribution in [0.4, 0.5) is 5.69 Å². The molecule has 0 spiro atoms. The largest absolute Gasteiger partial charge is 0.325 e. The molecule has 1 aromatic carbocycles. The number of nitrogens with one attached hydrogen (secondary N) is 2. The van der Waals surface area contributed by atoms with E-state index in [0.717, 1.165) is 9.77 Å². The van der Waals surface area contributed by atoms with Gasteiger partial charge >= 0.3 is 0 Å². The van der Waals surface area contributed by atoms with Crippen LogP contribution in [0.1, 0.15) is 11.8 Å². The number of carbonyl (C=O) groups is 1. The Morgan fingerprint density at radius 2 is 2.17 bits per heavy atom. The number of thiophene rings is 1. The molecule has 1 amide bonds. The van der Waals surface area contributed by atoms with E-state index in [-0.39, 0.29) is 16.7 Å². The van der Waals surface area contributed by atoms with Gasteiger partial charge in [-0.3, -0.25) is 4.79 Å². The van der Waals surface area contributed by atoms with Crippen LogP contribution < -0.4 is 10.0 Å². The molecule has 8 heteroatoms. The van der Waals surface area contributed by atoms with Gasteiger partial charge in [-0.15, -0.1) is 23.1 Å². The molecule has 1 aliphatic rings. The summed E-state index contributed by atoms with van der Waals surface area (Å²) in [6.07, 6.45) is 0.659. The summed E-state index contributed by atoms with van der Waals surface area (Å²) in [4.78, 5) is 14.2. The minimum absolute atomic E-state index is 0.0820. The van der Waals surface area contributed by atoms with Gasteiger partial charge in [-0.05, 0) is 36.1 Å². The van der Waals surface area contributed by atoms with E-state index in [4.69, 9.17) is 0 Å². The molecular formula is C16H18N2O3S3. The SMILES string of the molecule is C[C@H]1CSc2ccc(S(=O)(=O)NCCc3cccs3)cc2NC1=O. The number of hydrogen-bond donors (Lipinski definition) is 2. The number of sulfonamides is 1. The van der Waals surface area contributed by atoms with E-state index in [1.54, 1.807) is 35.2 Å². The average Bonchev–Trinajstić information content (AvgIpc) is 3.01. The predicted octanol–water partition coefficient (Wildman–Crippen LogP) is 2.95. The van der Waals surface area contributed by atoms with Gasteiger partial charge in [-0.25, -0.2) is 13.1 Å². The first-order valence-electron chi connectivity index (χ1n) is 7.55. The van der Waals surface area contributed by atoms with Gasteiger partial charge in [0.2, 0.25) is 15.9 Å². The molecule has 0 radical (unpaired) electrons. The van der Waals surface area contributed by atoms with Gasteiger partial charge in [-0.1, -0.05) is 13.0 Å². The van der Waals surface area contributed by atoms with Crippen LogP contribution in [0.2, 0.25) is 0 Å². The third kappa shape index (κ3) is 4.00. The van der Waals surface area contributed by atoms with Crippen molar-refractivity contribution in [1.82, 2.24) is 4.72 Å². The summed E-state index contributed by atoms with van der Waals surface area (Å²) in [5.74, 6) is 0.497. The fraction of sp³-hybridized carbons (Fsp3) is 0.312. The standard InChI is InChI=1S/C16H18N2O3S3/c1-11-10-23-15-5-4-13(9-14(15)18-16(11)19)24(20,21)17-7-6-12-3-2-8-22-12/h2-5,8-9,11,17H,6-7,10H2,1H3,(H,18,19)/t11-/m0/s1. The van der Waals surface area contributed by atoms with Crippen LogP contribution in [0.3, 0.4) is 0 Å². The fourth-order valence-corrected chi connectivity index (χ4v) is 5.07. The quantitative estimate of drug-likeness (QED) is 0.834. The first kappa shape index (κ1) is 17.5. The van der Waals surface area contributed by atoms with Gasteiger partial charge in [0.25, 0.3) is 0 Å². The molecule has 2 N–H and O–H groups in total. The highest BCUT2D eigenvalue weighted by molar-refractivity contribution is 7.99. The van der Waals surface area contributed by atoms with Crippen molar-refractivity contribution >= 4 is 44.7 Å². The summed E-state index contributed by atoms with van der Waals surface area (Å²) in [5, 5.41) is 4.78. The minimum atomic E-state index is -3.60. The molecule has 2 heterocycles. The third-order valence-corrected chi connectivity index (χ3v) is 7.43. The van der Waals surface area contributed by atoms with Crippen LogP contribution in [0, 0.1) is 5.92 Å². The topological polar surface area (TPSA) is 75.3 Å². The van der Waals surface area contributed by atoms with Crippen molar-refractivity contribution in [2.24, 2.45) is 5.92 Å². The first-order valence-corrected chi connectivity index (χ1v) is 10.9. The van der Waals surface area contributed by atoms with E-state index in [1.807, 2.05) is 24.4 Å². The molecule has 0 fully saturated rings. The van der Waals surface area contributed by atoms with Crippen LogP contribution >= 0.6 is 23.1 Å². The van der Waals surface area contributed by atoms with Gasteiger partial charge in [0.15, 0.2) is 0 Å². The number of amides is 1. The summed E-state index contributed by atoms with van der Waals surface area (Å²) in [6, 6.07) is 8.80. The molecular weight excluding hydrogens is 364 g/mol. The van der Waals surface area contributed by atoms with Crippen molar-refractivity contribution in [3.63, 3.8) is 0 Å². The van der Waals surface area contributed by atoms with E-state index < -0.39 is 10.0 Å². The van der Waals surface area contributed by atoms with Crippen LogP contribution in [0.5, 0.6) is 0 Å². The summed E-state index contributed by atoms with van der Waals surface area (Å²) in [6.45, 7) is 2.20. The Morgan fingerprint density at radius 3 is 2.92 bits per heavy atom. The zero-order valence-electron chi connectivity index (χ0n) is 13.1. The van der Waals surface area contributed by atoms with Crippen molar-refractivity contribution in [3.05, 3.63) is 40.6 Å². The first-order chi connectivity index (χ1) is 11.5. The molecule has 128 valence electrons. The lowest BCUT2D eigenvalue weighted by atomic mass is 10.2. The predicted molar refractivity (Wildman–Crippen MR) is 98.2 cm³/mol. The molecule has 0 bridgehead atoms. The van der Waals surface area contributed by atoms with Gasteiger partial charge in [0.05, 0.1) is 10.6 Å². The highest BCUT2D eigenvalue weighted by Gasteiger charge is 2.22. The molecule has 1 atom stereocenters. The number of hydrogen-bond acceptors (Lipinski definition) is 5. The molecule has 2 aromatic rings. The molecule has 5 nitrogen and oxygen atoms in total. The van der Waals surface area contributed by atoms with Crippen molar-refractivity contribution < 1.29 is 13.2 Å². The zero-order valence-corrected chi connectivity index (χ0v) is 15.6. The minimum Gasteiger partial charge on any atom is -0.325 e. The fourth-order valence-electron chi connectivity index (χ4n) is 2.29. The van der Waals surface area contributed by atoms with E-state index in [0.29, 0.717) is 24.4 Å². The maximum atomic E-state index is 12.5. The Kier molecular flexibility index (Phi) is 5.29. The van der Waals surface area contributed by atoms with Gasteiger partial charge in [-0.2, -0.15) is 0 Å². The highest BCUT2D eigenvalue weighted by atomic mass is 32.2. The molecule has 1 aliphatic heterocycles. The lowest BCUT2D eigenvalue weighted by Gasteiger charge is -2.11. The van der Waals surface area contributed by atoms with Crippen LogP contribution in [-0.4, -0.2) is 26.6 Å². The smallest absolute Gasteiger partial charge is 0.240 e. The average molecular weight is 383 g/mol. The Bertz CT molecular complexity index is 832. The van der Waals surface area contributed by atoms with E-state index in [1.165, 1.54) is 6.07 Å². The summed E-state index contributed by atoms with van der Waals surface area (Å²) < 4.78 is 27.5. The second-order valence-corrected chi connectivity index (χ2v) is 9.45. The van der Waals surface area contributed by atoms with Crippen molar-refractivity contribution in [2.75, 3.05) is 17.6 Å². The lowest BCUT2D eigenvalue weighted by Crippen LogP contribution is -2.26. The van der Waals surface area contributed by atoms with Crippen LogP contribution in [0.25, 0.3) is 0 Å². The molecule has 3 rings (SSSR count). The highest BCUT2D eigenvalue weighted by Crippen LogP contribution is 2.34. The van der Waals surface area contributed by atoms with Crippen molar-refractivity contribution in [1.29, 1.82) is 0 Å². The molecule has 0 saturated carbocycles. The van der Waals surface area contributed by atoms with E-state index in [9.17, 15) is 13.2 Å². The van der Waals surface area contributed by atoms with Crippen molar-refractivity contribution in [3.8, 4) is 0 Å². The Morgan fingerprint density at radius 1 is 1.33 bits per heavy atom. The number of rotatable bonds is 5. The molecule has 0 unspecified atom stereocenters. The number of fused-ring (bicyclic) bond motifs is 1. The molecule has 24 heavy (non-hydrogen) atoms. The lowest BCUT2D eigenvalue weighted by molar-refractivity contribution is -0.118. The Labute approximate surface area is 149 Å². The number of benzene rings is 1. The molecule has 1 aromatic heterocycles. The van der Waals surface area contributed by atoms with Crippen molar-refractivity contribution in [2.45, 2.75) is 23.1 Å². The molecule has 0 aliphatic carbocycles. The van der Waals surface area contributed by atoms with Gasteiger partial charge in [0.1, 0.15) is 0 Å². The second-order valence-electron chi connectivity index (χ2n) is 5.59. The number of thioether (sulfide) groups is 1. The summed E-state index contributed by atoms with van der Waals surface area (Å²) in [7, 11) is -3.60. The number of anilines is 1. The molecule has 0 saturated heterocycles. The normalized spacial score (nSPS) is 17.9. The van der Waals surface area contributed by atoms with Crippen LogP contribution in [-0.2, 0) is 21.2 Å². The number of carbonyl (C=O) groups excluding carboxylic acids is 1. The maximum Gasteiger partial charge on any atom is 0.240 e. The maximum absolute atomic E-state index is 12.5. The van der Waals surface area contributed by atoms with Gasteiger partial charge in [0, 0.05) is 28.0 Å². The van der Waals surface area contributed by atoms with E-state index in [2.05, 4.69) is 10.0 Å². The zero-order chi connectivity index (χ0) is 17.2. The Balaban J connectivity index is 1.74. The monoisotopic (exact) mass is 382 g/mol. The second kappa shape index (κ2) is 7.26. The third-order valence-electron chi connectivity index (χ3n) is 3.70. The summed E-state index contributed by atoms with van der Waals surface area (Å²) >= 11 is 3.17. The van der Waals surface area contributed by atoms with Gasteiger partial charge < -0.3 is 5.32 Å². The Hall–Kier alpha value is -1.35. The van der Waals surface area contributed by atoms with E-state index >= 15 is 0 Å². The van der Waals surface area contributed by atoms with Crippen LogP contribution in [0.15, 0.2) is 45.5 Å².